The van der Waals surface area contributed by atoms with Crippen molar-refractivity contribution in [2.75, 3.05) is 13.7 Å². The van der Waals surface area contributed by atoms with Crippen molar-refractivity contribution in [3.05, 3.63) is 22.3 Å². The minimum Gasteiger partial charge on any atom is -0.481 e. The van der Waals surface area contributed by atoms with Gasteiger partial charge in [0, 0.05) is 22.8 Å². The van der Waals surface area contributed by atoms with E-state index >= 15 is 0 Å². The summed E-state index contributed by atoms with van der Waals surface area (Å²) in [7, 11) is 1.50. The zero-order valence-electron chi connectivity index (χ0n) is 7.20. The van der Waals surface area contributed by atoms with E-state index in [0.29, 0.717) is 11.4 Å². The first-order valence-corrected chi connectivity index (χ1v) is 4.56. The number of pyridine rings is 1. The Morgan fingerprint density at radius 2 is 2.46 bits per heavy atom. The molecule has 72 valence electrons. The second-order valence-electron chi connectivity index (χ2n) is 2.50. The maximum absolute atomic E-state index is 9.50. The lowest BCUT2D eigenvalue weighted by molar-refractivity contribution is 0.181. The molecule has 1 unspecified atom stereocenters. The van der Waals surface area contributed by atoms with Crippen LogP contribution in [0.2, 0.25) is 0 Å². The number of hydrogen-bond donors (Lipinski definition) is 2. The van der Waals surface area contributed by atoms with Gasteiger partial charge in [0.05, 0.1) is 13.2 Å². The average Bonchev–Trinajstić information content (AvgIpc) is 2.16. The highest BCUT2D eigenvalue weighted by Gasteiger charge is 2.12. The standard InChI is InChI=1S/C8H11BrN2O2/c1-13-8-6(7(12)3-10)2-5(9)4-11-8/h2,4,7,12H,3,10H2,1H3. The van der Waals surface area contributed by atoms with E-state index < -0.39 is 6.10 Å². The number of nitrogens with two attached hydrogens (primary N) is 1. The largest absolute Gasteiger partial charge is 0.481 e. The molecule has 0 spiro atoms. The number of aliphatic hydroxyl groups is 1. The van der Waals surface area contributed by atoms with Crippen LogP contribution in [-0.2, 0) is 0 Å². The molecule has 0 bridgehead atoms. The van der Waals surface area contributed by atoms with Crippen molar-refractivity contribution in [2.45, 2.75) is 6.10 Å². The van der Waals surface area contributed by atoms with Crippen LogP contribution in [0.15, 0.2) is 16.7 Å². The van der Waals surface area contributed by atoms with Crippen LogP contribution >= 0.6 is 15.9 Å². The van der Waals surface area contributed by atoms with Crippen LogP contribution in [0.1, 0.15) is 11.7 Å². The predicted octanol–water partition coefficient (Wildman–Crippen LogP) is 0.845. The van der Waals surface area contributed by atoms with E-state index in [4.69, 9.17) is 10.5 Å². The molecule has 0 aromatic carbocycles. The molecule has 5 heteroatoms. The molecule has 1 aromatic heterocycles. The summed E-state index contributed by atoms with van der Waals surface area (Å²) in [6.07, 6.45) is 0.867. The summed E-state index contributed by atoms with van der Waals surface area (Å²) in [4.78, 5) is 3.98. The van der Waals surface area contributed by atoms with E-state index in [1.165, 1.54) is 7.11 Å². The molecule has 4 nitrogen and oxygen atoms in total. The summed E-state index contributed by atoms with van der Waals surface area (Å²) >= 11 is 3.25. The molecule has 0 radical (unpaired) electrons. The van der Waals surface area contributed by atoms with Crippen LogP contribution in [0.5, 0.6) is 5.88 Å². The smallest absolute Gasteiger partial charge is 0.219 e. The van der Waals surface area contributed by atoms with Gasteiger partial charge in [-0.2, -0.15) is 0 Å². The fraction of sp³-hybridized carbons (Fsp3) is 0.375. The lowest BCUT2D eigenvalue weighted by Crippen LogP contribution is -2.13. The van der Waals surface area contributed by atoms with Crippen LogP contribution in [0.25, 0.3) is 0 Å². The fourth-order valence-electron chi connectivity index (χ4n) is 0.979. The van der Waals surface area contributed by atoms with Crippen molar-refractivity contribution in [1.82, 2.24) is 4.98 Å². The quantitative estimate of drug-likeness (QED) is 0.830. The highest BCUT2D eigenvalue weighted by molar-refractivity contribution is 9.10. The normalized spacial score (nSPS) is 12.6. The molecule has 1 heterocycles. The van der Waals surface area contributed by atoms with Gasteiger partial charge in [-0.15, -0.1) is 0 Å². The van der Waals surface area contributed by atoms with Crippen LogP contribution in [-0.4, -0.2) is 23.7 Å². The van der Waals surface area contributed by atoms with Gasteiger partial charge in [-0.05, 0) is 22.0 Å². The Morgan fingerprint density at radius 3 is 3.00 bits per heavy atom. The Labute approximate surface area is 84.9 Å². The number of aliphatic hydroxyl groups excluding tert-OH is 1. The molecule has 13 heavy (non-hydrogen) atoms. The van der Waals surface area contributed by atoms with E-state index in [-0.39, 0.29) is 6.54 Å². The third-order valence-corrected chi connectivity index (χ3v) is 2.05. The summed E-state index contributed by atoms with van der Waals surface area (Å²) in [5, 5.41) is 9.50. The molecule has 0 fully saturated rings. The topological polar surface area (TPSA) is 68.4 Å². The van der Waals surface area contributed by atoms with Crippen molar-refractivity contribution in [2.24, 2.45) is 5.73 Å². The predicted molar refractivity (Wildman–Crippen MR) is 52.5 cm³/mol. The van der Waals surface area contributed by atoms with E-state index in [2.05, 4.69) is 20.9 Å². The van der Waals surface area contributed by atoms with Crippen LogP contribution in [0, 0.1) is 0 Å². The number of halogens is 1. The summed E-state index contributed by atoms with van der Waals surface area (Å²) in [6.45, 7) is 0.147. The van der Waals surface area contributed by atoms with E-state index in [1.807, 2.05) is 0 Å². The van der Waals surface area contributed by atoms with Crippen molar-refractivity contribution in [3.8, 4) is 5.88 Å². The van der Waals surface area contributed by atoms with Gasteiger partial charge in [0.1, 0.15) is 0 Å². The molecular formula is C8H11BrN2O2. The minimum atomic E-state index is -0.736. The van der Waals surface area contributed by atoms with Gasteiger partial charge in [-0.1, -0.05) is 0 Å². The number of methoxy groups -OCH3 is 1. The second kappa shape index (κ2) is 4.55. The van der Waals surface area contributed by atoms with Crippen LogP contribution < -0.4 is 10.5 Å². The number of hydrogen-bond acceptors (Lipinski definition) is 4. The summed E-state index contributed by atoms with van der Waals surface area (Å²) in [6, 6.07) is 1.74. The summed E-state index contributed by atoms with van der Waals surface area (Å²) in [5.41, 5.74) is 5.93. The molecule has 0 aliphatic rings. The van der Waals surface area contributed by atoms with E-state index in [0.717, 1.165) is 4.47 Å². The van der Waals surface area contributed by atoms with E-state index in [9.17, 15) is 5.11 Å². The zero-order valence-corrected chi connectivity index (χ0v) is 8.78. The average molecular weight is 247 g/mol. The van der Waals surface area contributed by atoms with Crippen molar-refractivity contribution >= 4 is 15.9 Å². The van der Waals surface area contributed by atoms with Crippen LogP contribution in [0.4, 0.5) is 0 Å². The number of aromatic nitrogens is 1. The molecule has 0 aliphatic carbocycles. The Balaban J connectivity index is 3.07. The van der Waals surface area contributed by atoms with Gasteiger partial charge in [-0.25, -0.2) is 4.98 Å². The van der Waals surface area contributed by atoms with Gasteiger partial charge >= 0.3 is 0 Å². The monoisotopic (exact) mass is 246 g/mol. The van der Waals surface area contributed by atoms with Crippen molar-refractivity contribution < 1.29 is 9.84 Å². The number of ether oxygens (including phenoxy) is 1. The maximum atomic E-state index is 9.50. The number of rotatable bonds is 3. The van der Waals surface area contributed by atoms with Gasteiger partial charge in [0.25, 0.3) is 0 Å². The Bertz CT molecular complexity index is 293. The maximum Gasteiger partial charge on any atom is 0.219 e. The molecule has 1 rings (SSSR count). The van der Waals surface area contributed by atoms with Gasteiger partial charge < -0.3 is 15.6 Å². The van der Waals surface area contributed by atoms with Gasteiger partial charge in [0.15, 0.2) is 0 Å². The molecular weight excluding hydrogens is 236 g/mol. The Kier molecular flexibility index (Phi) is 3.65. The van der Waals surface area contributed by atoms with Crippen molar-refractivity contribution in [1.29, 1.82) is 0 Å². The molecule has 0 saturated heterocycles. The SMILES string of the molecule is COc1ncc(Br)cc1C(O)CN. The first-order chi connectivity index (χ1) is 6.19. The highest BCUT2D eigenvalue weighted by Crippen LogP contribution is 2.25. The number of nitrogens with zero attached hydrogens (tertiary/aromatic N) is 1. The zero-order chi connectivity index (χ0) is 9.84. The van der Waals surface area contributed by atoms with Gasteiger partial charge in [0.2, 0.25) is 5.88 Å². The molecule has 0 saturated carbocycles. The molecule has 3 N–H and O–H groups in total. The first kappa shape index (κ1) is 10.4. The molecule has 0 amide bonds. The van der Waals surface area contributed by atoms with Crippen LogP contribution in [0.3, 0.4) is 0 Å². The second-order valence-corrected chi connectivity index (χ2v) is 3.42. The lowest BCUT2D eigenvalue weighted by Gasteiger charge is -2.11. The van der Waals surface area contributed by atoms with Gasteiger partial charge in [-0.3, -0.25) is 0 Å². The Morgan fingerprint density at radius 1 is 1.77 bits per heavy atom. The highest BCUT2D eigenvalue weighted by atomic mass is 79.9. The third kappa shape index (κ3) is 2.40. The minimum absolute atomic E-state index is 0.147. The molecule has 0 aliphatic heterocycles. The third-order valence-electron chi connectivity index (χ3n) is 1.62. The first-order valence-electron chi connectivity index (χ1n) is 3.76. The summed E-state index contributed by atoms with van der Waals surface area (Å²) in [5.74, 6) is 0.404. The summed E-state index contributed by atoms with van der Waals surface area (Å²) < 4.78 is 5.76. The molecule has 1 aromatic rings. The lowest BCUT2D eigenvalue weighted by atomic mass is 10.1. The Hall–Kier alpha value is -0.650. The van der Waals surface area contributed by atoms with Crippen molar-refractivity contribution in [3.63, 3.8) is 0 Å². The molecule has 1 atom stereocenters. The fourth-order valence-corrected chi connectivity index (χ4v) is 1.33. The van der Waals surface area contributed by atoms with E-state index in [1.54, 1.807) is 12.3 Å².